The summed E-state index contributed by atoms with van der Waals surface area (Å²) in [4.78, 5) is 4.53. The van der Waals surface area contributed by atoms with Crippen LogP contribution in [0.1, 0.15) is 40.0 Å². The average molecular weight is 306 g/mol. The number of nitrogens with two attached hydrogens (primary N) is 1. The molecule has 0 heterocycles. The number of fused-ring (bicyclic) bond motifs is 2. The van der Waals surface area contributed by atoms with E-state index >= 15 is 0 Å². The molecule has 19 heavy (non-hydrogen) atoms. The molecule has 0 saturated heterocycles. The van der Waals surface area contributed by atoms with E-state index in [0.29, 0.717) is 22.5 Å². The van der Waals surface area contributed by atoms with Gasteiger partial charge in [0.1, 0.15) is 5.84 Å². The molecule has 0 spiro atoms. The minimum Gasteiger partial charge on any atom is -0.387 e. The number of amidine groups is 1. The van der Waals surface area contributed by atoms with Gasteiger partial charge in [0, 0.05) is 10.8 Å². The maximum absolute atomic E-state index is 10.7. The fraction of sp³-hybridized carbons (Fsp3) is 0.917. The van der Waals surface area contributed by atoms with Crippen LogP contribution in [-0.4, -0.2) is 30.6 Å². The lowest BCUT2D eigenvalue weighted by atomic mass is 9.69. The number of hydrogen-bond donors (Lipinski definition) is 2. The second kappa shape index (κ2) is 4.63. The van der Waals surface area contributed by atoms with Gasteiger partial charge >= 0.3 is 9.15 Å². The van der Waals surface area contributed by atoms with E-state index in [9.17, 15) is 8.42 Å². The van der Waals surface area contributed by atoms with E-state index < -0.39 is 9.15 Å². The van der Waals surface area contributed by atoms with Crippen molar-refractivity contribution in [3.05, 3.63) is 0 Å². The van der Waals surface area contributed by atoms with Crippen LogP contribution >= 0.6 is 10.8 Å². The molecule has 2 fully saturated rings. The highest BCUT2D eigenvalue weighted by Crippen LogP contribution is 2.66. The van der Waals surface area contributed by atoms with Crippen LogP contribution in [0.3, 0.4) is 0 Å². The lowest BCUT2D eigenvalue weighted by Crippen LogP contribution is -2.36. The third-order valence-electron chi connectivity index (χ3n) is 5.43. The maximum atomic E-state index is 10.7. The van der Waals surface area contributed by atoms with E-state index in [1.807, 2.05) is 0 Å². The normalized spacial score (nSPS) is 37.8. The van der Waals surface area contributed by atoms with Crippen LogP contribution in [0.15, 0.2) is 4.99 Å². The Bertz CT molecular complexity index is 501. The summed E-state index contributed by atoms with van der Waals surface area (Å²) in [5.41, 5.74) is 6.20. The fourth-order valence-electron chi connectivity index (χ4n) is 3.73. The van der Waals surface area contributed by atoms with E-state index in [1.54, 1.807) is 0 Å². The summed E-state index contributed by atoms with van der Waals surface area (Å²) in [7, 11) is -3.63. The first-order valence-electron chi connectivity index (χ1n) is 6.50. The second-order valence-corrected chi connectivity index (χ2v) is 9.79. The minimum atomic E-state index is -4.05. The first-order chi connectivity index (χ1) is 8.56. The number of nitrogens with zero attached hydrogens (tertiary/aromatic N) is 1. The molecular weight excluding hydrogens is 284 g/mol. The Kier molecular flexibility index (Phi) is 3.69. The van der Waals surface area contributed by atoms with Crippen molar-refractivity contribution in [2.45, 2.75) is 46.1 Å². The molecule has 0 aromatic heterocycles. The summed E-state index contributed by atoms with van der Waals surface area (Å²) in [6.07, 6.45) is 3.42. The fourth-order valence-corrected chi connectivity index (χ4v) is 4.88. The van der Waals surface area contributed by atoms with E-state index in [1.165, 1.54) is 6.42 Å². The van der Waals surface area contributed by atoms with Gasteiger partial charge in [-0.05, 0) is 36.0 Å². The van der Waals surface area contributed by atoms with Gasteiger partial charge in [-0.1, -0.05) is 20.8 Å². The first kappa shape index (κ1) is 15.1. The maximum Gasteiger partial charge on any atom is 0.320 e. The highest BCUT2D eigenvalue weighted by molar-refractivity contribution is 8.70. The van der Waals surface area contributed by atoms with Crippen LogP contribution in [0.4, 0.5) is 0 Å². The van der Waals surface area contributed by atoms with Crippen LogP contribution in [0.2, 0.25) is 0 Å². The zero-order valence-corrected chi connectivity index (χ0v) is 13.2. The minimum absolute atomic E-state index is 0.0243. The first-order valence-corrected chi connectivity index (χ1v) is 9.44. The molecule has 0 unspecified atom stereocenters. The van der Waals surface area contributed by atoms with Crippen LogP contribution in [-0.2, 0) is 9.15 Å². The van der Waals surface area contributed by atoms with Gasteiger partial charge in [-0.3, -0.25) is 9.55 Å². The number of rotatable bonds is 4. The van der Waals surface area contributed by atoms with Crippen molar-refractivity contribution in [1.29, 1.82) is 0 Å². The van der Waals surface area contributed by atoms with Crippen molar-refractivity contribution in [3.8, 4) is 0 Å². The van der Waals surface area contributed by atoms with Gasteiger partial charge in [-0.15, -0.1) is 0 Å². The Morgan fingerprint density at radius 3 is 2.53 bits per heavy atom. The Labute approximate surface area is 118 Å². The number of aliphatic imine (C=N–C) groups is 1. The molecule has 0 radical (unpaired) electrons. The van der Waals surface area contributed by atoms with Gasteiger partial charge < -0.3 is 5.73 Å². The molecule has 2 saturated carbocycles. The molecule has 7 heteroatoms. The largest absolute Gasteiger partial charge is 0.387 e. The molecule has 3 N–H and O–H groups in total. The smallest absolute Gasteiger partial charge is 0.320 e. The molecule has 5 nitrogen and oxygen atoms in total. The average Bonchev–Trinajstić information content (AvgIpc) is 2.58. The van der Waals surface area contributed by atoms with E-state index in [4.69, 9.17) is 10.3 Å². The van der Waals surface area contributed by atoms with Crippen molar-refractivity contribution >= 4 is 25.8 Å². The van der Waals surface area contributed by atoms with Crippen molar-refractivity contribution in [1.82, 2.24) is 0 Å². The van der Waals surface area contributed by atoms with Gasteiger partial charge in [0.15, 0.2) is 0 Å². The van der Waals surface area contributed by atoms with Gasteiger partial charge in [0.2, 0.25) is 0 Å². The Balaban J connectivity index is 2.09. The number of hydrogen-bond acceptors (Lipinski definition) is 4. The summed E-state index contributed by atoms with van der Waals surface area (Å²) < 4.78 is 30.0. The standard InChI is InChI=1S/C12H22N2O3S2/c1-11(2)8-4-5-12(11,3)9(6-8)14-10(13)7-18-19(15,16)17/h8-9H,4-7H2,1-3H3,(H2,13,14)(H,15,16,17)/t8-,9-,12-/m1/s1. The monoisotopic (exact) mass is 306 g/mol. The van der Waals surface area contributed by atoms with Crippen molar-refractivity contribution in [2.75, 3.05) is 5.75 Å². The molecule has 2 bridgehead atoms. The Morgan fingerprint density at radius 2 is 2.11 bits per heavy atom. The third kappa shape index (κ3) is 2.64. The Morgan fingerprint density at radius 1 is 1.47 bits per heavy atom. The lowest BCUT2D eigenvalue weighted by molar-refractivity contribution is 0.137. The summed E-state index contributed by atoms with van der Waals surface area (Å²) in [6.45, 7) is 6.85. The SMILES string of the molecule is CC1(C)[C@@H]2CC[C@]1(C)[C@H](N=C(N)CSS(=O)(=O)O)C2. The zero-order chi connectivity index (χ0) is 14.5. The predicted molar refractivity (Wildman–Crippen MR) is 78.6 cm³/mol. The highest BCUT2D eigenvalue weighted by Gasteiger charge is 2.61. The molecule has 0 aliphatic heterocycles. The topological polar surface area (TPSA) is 92.8 Å². The van der Waals surface area contributed by atoms with Gasteiger partial charge in [0.25, 0.3) is 0 Å². The van der Waals surface area contributed by atoms with E-state index in [-0.39, 0.29) is 22.6 Å². The second-order valence-electron chi connectivity index (χ2n) is 6.44. The van der Waals surface area contributed by atoms with E-state index in [2.05, 4.69) is 25.8 Å². The summed E-state index contributed by atoms with van der Waals surface area (Å²) in [6, 6.07) is 0.170. The van der Waals surface area contributed by atoms with Gasteiger partial charge in [-0.25, -0.2) is 0 Å². The molecule has 2 rings (SSSR count). The highest BCUT2D eigenvalue weighted by atomic mass is 33.1. The summed E-state index contributed by atoms with van der Waals surface area (Å²) >= 11 is 0. The molecule has 2 aliphatic rings. The predicted octanol–water partition coefficient (Wildman–Crippen LogP) is 2.09. The van der Waals surface area contributed by atoms with Crippen molar-refractivity contribution in [2.24, 2.45) is 27.5 Å². The Hall–Kier alpha value is -0.270. The molecule has 0 aromatic rings. The molecule has 0 aromatic carbocycles. The van der Waals surface area contributed by atoms with Crippen molar-refractivity contribution < 1.29 is 13.0 Å². The van der Waals surface area contributed by atoms with E-state index in [0.717, 1.165) is 12.8 Å². The third-order valence-corrected chi connectivity index (χ3v) is 7.38. The molecule has 0 amide bonds. The summed E-state index contributed by atoms with van der Waals surface area (Å²) in [5.74, 6) is 1.00. The quantitative estimate of drug-likeness (QED) is 0.359. The van der Waals surface area contributed by atoms with Crippen LogP contribution < -0.4 is 5.73 Å². The van der Waals surface area contributed by atoms with Crippen LogP contribution in [0.5, 0.6) is 0 Å². The van der Waals surface area contributed by atoms with Crippen LogP contribution in [0, 0.1) is 16.7 Å². The lowest BCUT2D eigenvalue weighted by Gasteiger charge is -2.37. The van der Waals surface area contributed by atoms with Gasteiger partial charge in [-0.2, -0.15) is 8.42 Å². The van der Waals surface area contributed by atoms with Gasteiger partial charge in [0.05, 0.1) is 11.8 Å². The molecule has 3 atom stereocenters. The molecular formula is C12H22N2O3S2. The molecule has 110 valence electrons. The van der Waals surface area contributed by atoms with Crippen molar-refractivity contribution in [3.63, 3.8) is 0 Å². The van der Waals surface area contributed by atoms with Crippen LogP contribution in [0.25, 0.3) is 0 Å². The zero-order valence-electron chi connectivity index (χ0n) is 11.6. The molecule has 2 aliphatic carbocycles. The summed E-state index contributed by atoms with van der Waals surface area (Å²) in [5, 5.41) is 0.